The molecule has 84 valence electrons. The average Bonchev–Trinajstić information content (AvgIpc) is 2.75. The average molecular weight is 318 g/mol. The quantitative estimate of drug-likeness (QED) is 0.897. The lowest BCUT2D eigenvalue weighted by Gasteiger charge is -2.07. The Morgan fingerprint density at radius 3 is 2.75 bits per heavy atom. The van der Waals surface area contributed by atoms with E-state index in [4.69, 9.17) is 16.7 Å². The van der Waals surface area contributed by atoms with Gasteiger partial charge in [0.05, 0.1) is 6.61 Å². The van der Waals surface area contributed by atoms with E-state index in [9.17, 15) is 0 Å². The largest absolute Gasteiger partial charge is 0.392 e. The molecule has 0 amide bonds. The summed E-state index contributed by atoms with van der Waals surface area (Å²) in [7, 11) is 0. The molecule has 0 radical (unpaired) electrons. The number of hydrogen-bond acceptors (Lipinski definition) is 2. The molecule has 1 N–H and O–H groups in total. The van der Waals surface area contributed by atoms with Gasteiger partial charge in [-0.1, -0.05) is 33.6 Å². The number of halogens is 2. The zero-order chi connectivity index (χ0) is 11.5. The number of hydrogen-bond donors (Lipinski definition) is 1. The topological polar surface area (TPSA) is 20.2 Å². The van der Waals surface area contributed by atoms with Crippen LogP contribution in [0.2, 0.25) is 5.02 Å². The second-order valence-corrected chi connectivity index (χ2v) is 5.74. The van der Waals surface area contributed by atoms with E-state index in [1.54, 1.807) is 11.3 Å². The Hall–Kier alpha value is -0.350. The summed E-state index contributed by atoms with van der Waals surface area (Å²) in [5.74, 6) is 0. The van der Waals surface area contributed by atoms with Crippen LogP contribution >= 0.6 is 38.9 Å². The second-order valence-electron chi connectivity index (χ2n) is 3.45. The molecule has 2 aromatic rings. The molecule has 16 heavy (non-hydrogen) atoms. The van der Waals surface area contributed by atoms with Crippen molar-refractivity contribution in [2.75, 3.05) is 0 Å². The van der Waals surface area contributed by atoms with E-state index in [0.717, 1.165) is 22.0 Å². The van der Waals surface area contributed by atoms with Gasteiger partial charge in [-0.2, -0.15) is 0 Å². The summed E-state index contributed by atoms with van der Waals surface area (Å²) < 4.78 is 0.908. The Kier molecular flexibility index (Phi) is 4.03. The molecular weight excluding hydrogens is 308 g/mol. The highest BCUT2D eigenvalue weighted by atomic mass is 79.9. The maximum atomic E-state index is 9.10. The standard InChI is InChI=1S/C12H10BrClOS/c13-11-5-8(4-10-2-1-3-16-10)12(14)6-9(11)7-15/h1-3,5-6,15H,4,7H2. The Balaban J connectivity index is 2.31. The second kappa shape index (κ2) is 5.32. The van der Waals surface area contributed by atoms with Crippen molar-refractivity contribution in [2.24, 2.45) is 0 Å². The van der Waals surface area contributed by atoms with E-state index in [-0.39, 0.29) is 6.61 Å². The van der Waals surface area contributed by atoms with E-state index < -0.39 is 0 Å². The van der Waals surface area contributed by atoms with Crippen LogP contribution < -0.4 is 0 Å². The minimum atomic E-state index is -0.000411. The van der Waals surface area contributed by atoms with Crippen molar-refractivity contribution in [3.05, 3.63) is 55.1 Å². The highest BCUT2D eigenvalue weighted by Crippen LogP contribution is 2.28. The monoisotopic (exact) mass is 316 g/mol. The van der Waals surface area contributed by atoms with Crippen LogP contribution in [0.1, 0.15) is 16.0 Å². The van der Waals surface area contributed by atoms with Gasteiger partial charge in [0, 0.05) is 20.8 Å². The highest BCUT2D eigenvalue weighted by molar-refractivity contribution is 9.10. The van der Waals surface area contributed by atoms with Crippen LogP contribution in [0.15, 0.2) is 34.1 Å². The molecular formula is C12H10BrClOS. The van der Waals surface area contributed by atoms with E-state index >= 15 is 0 Å². The first kappa shape index (κ1) is 12.1. The minimum absolute atomic E-state index is 0.000411. The van der Waals surface area contributed by atoms with E-state index in [1.807, 2.05) is 18.2 Å². The Bertz CT molecular complexity index is 482. The molecule has 1 aromatic heterocycles. The summed E-state index contributed by atoms with van der Waals surface area (Å²) >= 11 is 11.3. The van der Waals surface area contributed by atoms with Crippen molar-refractivity contribution in [1.29, 1.82) is 0 Å². The molecule has 0 fully saturated rings. The molecule has 0 atom stereocenters. The van der Waals surface area contributed by atoms with Crippen LogP contribution in [0.5, 0.6) is 0 Å². The molecule has 0 saturated carbocycles. The number of rotatable bonds is 3. The molecule has 1 heterocycles. The summed E-state index contributed by atoms with van der Waals surface area (Å²) in [6.07, 6.45) is 0.834. The van der Waals surface area contributed by atoms with Crippen molar-refractivity contribution < 1.29 is 5.11 Å². The summed E-state index contributed by atoms with van der Waals surface area (Å²) in [6, 6.07) is 7.92. The van der Waals surface area contributed by atoms with Gasteiger partial charge < -0.3 is 5.11 Å². The van der Waals surface area contributed by atoms with Crippen molar-refractivity contribution in [2.45, 2.75) is 13.0 Å². The molecule has 0 aliphatic carbocycles. The van der Waals surface area contributed by atoms with E-state index in [1.165, 1.54) is 4.88 Å². The molecule has 0 bridgehead atoms. The third kappa shape index (κ3) is 2.66. The number of benzene rings is 1. The molecule has 0 unspecified atom stereocenters. The first-order valence-electron chi connectivity index (χ1n) is 4.80. The smallest absolute Gasteiger partial charge is 0.0693 e. The van der Waals surface area contributed by atoms with Crippen molar-refractivity contribution in [1.82, 2.24) is 0 Å². The molecule has 1 nitrogen and oxygen atoms in total. The van der Waals surface area contributed by atoms with Crippen molar-refractivity contribution in [3.63, 3.8) is 0 Å². The van der Waals surface area contributed by atoms with Gasteiger partial charge in [0.2, 0.25) is 0 Å². The fourth-order valence-corrected chi connectivity index (χ4v) is 2.98. The number of aliphatic hydroxyl groups is 1. The van der Waals surface area contributed by atoms with Crippen molar-refractivity contribution >= 4 is 38.9 Å². The number of thiophene rings is 1. The summed E-state index contributed by atoms with van der Waals surface area (Å²) in [5.41, 5.74) is 1.90. The fraction of sp³-hybridized carbons (Fsp3) is 0.167. The number of aliphatic hydroxyl groups excluding tert-OH is 1. The van der Waals surface area contributed by atoms with Crippen LogP contribution in [-0.4, -0.2) is 5.11 Å². The normalized spacial score (nSPS) is 10.7. The molecule has 0 spiro atoms. The van der Waals surface area contributed by atoms with Gasteiger partial charge in [-0.05, 0) is 34.7 Å². The lowest BCUT2D eigenvalue weighted by atomic mass is 10.1. The van der Waals surface area contributed by atoms with Gasteiger partial charge in [0.1, 0.15) is 0 Å². The molecule has 0 aliphatic heterocycles. The van der Waals surface area contributed by atoms with Gasteiger partial charge in [-0.15, -0.1) is 11.3 Å². The summed E-state index contributed by atoms with van der Waals surface area (Å²) in [5, 5.41) is 11.9. The maximum Gasteiger partial charge on any atom is 0.0693 e. The van der Waals surface area contributed by atoms with Gasteiger partial charge in [0.25, 0.3) is 0 Å². The van der Waals surface area contributed by atoms with E-state index in [2.05, 4.69) is 27.4 Å². The Morgan fingerprint density at radius 2 is 2.12 bits per heavy atom. The predicted molar refractivity (Wildman–Crippen MR) is 72.2 cm³/mol. The maximum absolute atomic E-state index is 9.10. The van der Waals surface area contributed by atoms with Gasteiger partial charge in [-0.3, -0.25) is 0 Å². The minimum Gasteiger partial charge on any atom is -0.392 e. The first-order chi connectivity index (χ1) is 7.70. The van der Waals surface area contributed by atoms with Crippen LogP contribution in [0.25, 0.3) is 0 Å². The van der Waals surface area contributed by atoms with Crippen LogP contribution in [0.3, 0.4) is 0 Å². The van der Waals surface area contributed by atoms with Crippen LogP contribution in [-0.2, 0) is 13.0 Å². The Labute approximate surface area is 112 Å². The lowest BCUT2D eigenvalue weighted by molar-refractivity contribution is 0.281. The summed E-state index contributed by atoms with van der Waals surface area (Å²) in [4.78, 5) is 1.28. The van der Waals surface area contributed by atoms with Gasteiger partial charge >= 0.3 is 0 Å². The molecule has 0 saturated heterocycles. The predicted octanol–water partition coefficient (Wildman–Crippen LogP) is 4.25. The van der Waals surface area contributed by atoms with E-state index in [0.29, 0.717) is 5.02 Å². The molecule has 1 aromatic carbocycles. The zero-order valence-electron chi connectivity index (χ0n) is 8.41. The van der Waals surface area contributed by atoms with Crippen molar-refractivity contribution in [3.8, 4) is 0 Å². The lowest BCUT2D eigenvalue weighted by Crippen LogP contribution is -1.92. The van der Waals surface area contributed by atoms with Crippen LogP contribution in [0.4, 0.5) is 0 Å². The first-order valence-corrected chi connectivity index (χ1v) is 6.86. The van der Waals surface area contributed by atoms with Crippen LogP contribution in [0, 0.1) is 0 Å². The SMILES string of the molecule is OCc1cc(Cl)c(Cc2cccs2)cc1Br. The fourth-order valence-electron chi connectivity index (χ4n) is 1.49. The van der Waals surface area contributed by atoms with Gasteiger partial charge in [-0.25, -0.2) is 0 Å². The third-order valence-corrected chi connectivity index (χ3v) is 4.30. The molecule has 4 heteroatoms. The Morgan fingerprint density at radius 1 is 1.31 bits per heavy atom. The summed E-state index contributed by atoms with van der Waals surface area (Å²) in [6.45, 7) is -0.000411. The molecule has 2 rings (SSSR count). The molecule has 0 aliphatic rings. The zero-order valence-corrected chi connectivity index (χ0v) is 11.6. The third-order valence-electron chi connectivity index (χ3n) is 2.33. The van der Waals surface area contributed by atoms with Gasteiger partial charge in [0.15, 0.2) is 0 Å². The highest BCUT2D eigenvalue weighted by Gasteiger charge is 2.07.